The van der Waals surface area contributed by atoms with Crippen molar-refractivity contribution in [3.05, 3.63) is 64.9 Å². The van der Waals surface area contributed by atoms with Crippen LogP contribution in [0.15, 0.2) is 52.5 Å². The molecule has 2 heterocycles. The molecule has 29 heavy (non-hydrogen) atoms. The van der Waals surface area contributed by atoms with Gasteiger partial charge in [0.15, 0.2) is 11.6 Å². The molecule has 0 saturated carbocycles. The molecule has 0 amide bonds. The van der Waals surface area contributed by atoms with Crippen molar-refractivity contribution >= 4 is 28.1 Å². The Kier molecular flexibility index (Phi) is 4.05. The van der Waals surface area contributed by atoms with Gasteiger partial charge in [-0.3, -0.25) is 9.59 Å². The number of fused-ring (bicyclic) bond motifs is 3. The molecule has 3 aromatic rings. The number of furan rings is 1. The molecule has 0 N–H and O–H groups in total. The largest absolute Gasteiger partial charge is 0.496 e. The van der Waals surface area contributed by atoms with Gasteiger partial charge in [-0.05, 0) is 31.4 Å². The van der Waals surface area contributed by atoms with Gasteiger partial charge >= 0.3 is 0 Å². The standard InChI is InChI=1S/C24H20O5/c1-13-17(25)11-18(26)23(13)22-10-16-21(28-22)12-20(27-2)15-8-9-19(29-24(15)16)14-6-4-3-5-7-14/h3-7,10,12,19H,8-9,11H2,1-2H3/t19-/m0/s1. The number of ether oxygens (including phenoxy) is 2. The van der Waals surface area contributed by atoms with Crippen molar-refractivity contribution in [2.24, 2.45) is 0 Å². The molecule has 1 atom stereocenters. The Morgan fingerprint density at radius 2 is 1.86 bits per heavy atom. The zero-order valence-electron chi connectivity index (χ0n) is 16.3. The Balaban J connectivity index is 1.66. The third-order valence-electron chi connectivity index (χ3n) is 5.79. The molecule has 5 nitrogen and oxygen atoms in total. The van der Waals surface area contributed by atoms with Gasteiger partial charge in [0.1, 0.15) is 28.9 Å². The first-order valence-corrected chi connectivity index (χ1v) is 9.69. The number of rotatable bonds is 3. The number of hydrogen-bond donors (Lipinski definition) is 0. The van der Waals surface area contributed by atoms with E-state index in [0.29, 0.717) is 28.2 Å². The molecule has 146 valence electrons. The zero-order valence-corrected chi connectivity index (χ0v) is 16.3. The summed E-state index contributed by atoms with van der Waals surface area (Å²) in [6.07, 6.45) is 1.51. The first-order valence-electron chi connectivity index (χ1n) is 9.69. The minimum absolute atomic E-state index is 0.0620. The highest BCUT2D eigenvalue weighted by molar-refractivity contribution is 6.37. The van der Waals surface area contributed by atoms with Crippen molar-refractivity contribution in [3.8, 4) is 11.5 Å². The van der Waals surface area contributed by atoms with Crippen molar-refractivity contribution in [1.82, 2.24) is 0 Å². The van der Waals surface area contributed by atoms with E-state index in [9.17, 15) is 9.59 Å². The second-order valence-corrected chi connectivity index (χ2v) is 7.49. The third kappa shape index (κ3) is 2.77. The van der Waals surface area contributed by atoms with Gasteiger partial charge in [-0.1, -0.05) is 30.3 Å². The summed E-state index contributed by atoms with van der Waals surface area (Å²) in [5, 5.41) is 0.795. The Labute approximate surface area is 167 Å². The highest BCUT2D eigenvalue weighted by Gasteiger charge is 2.33. The van der Waals surface area contributed by atoms with Gasteiger partial charge in [0.25, 0.3) is 0 Å². The molecule has 0 fully saturated rings. The summed E-state index contributed by atoms with van der Waals surface area (Å²) in [5.74, 6) is 1.50. The van der Waals surface area contributed by atoms with Gasteiger partial charge in [0, 0.05) is 17.2 Å². The van der Waals surface area contributed by atoms with Crippen LogP contribution in [-0.2, 0) is 16.0 Å². The van der Waals surface area contributed by atoms with Gasteiger partial charge in [0.05, 0.1) is 24.5 Å². The van der Waals surface area contributed by atoms with E-state index in [1.807, 2.05) is 30.3 Å². The fourth-order valence-electron chi connectivity index (χ4n) is 4.26. The van der Waals surface area contributed by atoms with Crippen molar-refractivity contribution in [1.29, 1.82) is 0 Å². The van der Waals surface area contributed by atoms with Crippen molar-refractivity contribution in [2.45, 2.75) is 32.3 Å². The van der Waals surface area contributed by atoms with Crippen LogP contribution >= 0.6 is 0 Å². The summed E-state index contributed by atoms with van der Waals surface area (Å²) < 4.78 is 18.0. The molecule has 5 rings (SSSR count). The van der Waals surface area contributed by atoms with Gasteiger partial charge in [0.2, 0.25) is 0 Å². The Morgan fingerprint density at radius 1 is 1.07 bits per heavy atom. The van der Waals surface area contributed by atoms with Crippen LogP contribution < -0.4 is 9.47 Å². The highest BCUT2D eigenvalue weighted by atomic mass is 16.5. The molecule has 0 saturated heterocycles. The summed E-state index contributed by atoms with van der Waals surface area (Å²) >= 11 is 0. The number of ketones is 2. The lowest BCUT2D eigenvalue weighted by molar-refractivity contribution is -0.120. The highest BCUT2D eigenvalue weighted by Crippen LogP contribution is 2.46. The molecule has 1 aromatic heterocycles. The van der Waals surface area contributed by atoms with Crippen molar-refractivity contribution < 1.29 is 23.5 Å². The van der Waals surface area contributed by atoms with Gasteiger partial charge in [-0.25, -0.2) is 0 Å². The SMILES string of the molecule is COc1cc2oc(C3=C(C)C(=O)CC3=O)cc2c2c1CC[C@@H](c1ccccc1)O2. The summed E-state index contributed by atoms with van der Waals surface area (Å²) in [7, 11) is 1.63. The molecule has 1 aliphatic carbocycles. The van der Waals surface area contributed by atoms with Crippen LogP contribution in [0.1, 0.15) is 42.8 Å². The molecule has 5 heteroatoms. The molecular formula is C24H20O5. The van der Waals surface area contributed by atoms with Crippen molar-refractivity contribution in [2.75, 3.05) is 7.11 Å². The van der Waals surface area contributed by atoms with Gasteiger partial charge in [-0.2, -0.15) is 0 Å². The van der Waals surface area contributed by atoms with Crippen LogP contribution in [0.25, 0.3) is 16.5 Å². The first-order chi connectivity index (χ1) is 14.1. The van der Waals surface area contributed by atoms with Gasteiger partial charge in [-0.15, -0.1) is 0 Å². The fourth-order valence-corrected chi connectivity index (χ4v) is 4.26. The van der Waals surface area contributed by atoms with Crippen LogP contribution in [0.5, 0.6) is 11.5 Å². The average molecular weight is 388 g/mol. The van der Waals surface area contributed by atoms with Gasteiger partial charge < -0.3 is 13.9 Å². The predicted molar refractivity (Wildman–Crippen MR) is 108 cm³/mol. The van der Waals surface area contributed by atoms with Crippen molar-refractivity contribution in [3.63, 3.8) is 0 Å². The fraction of sp³-hybridized carbons (Fsp3) is 0.250. The molecule has 2 aromatic carbocycles. The van der Waals surface area contributed by atoms with E-state index >= 15 is 0 Å². The minimum Gasteiger partial charge on any atom is -0.496 e. The van der Waals surface area contributed by atoms with Crippen LogP contribution in [0.4, 0.5) is 0 Å². The molecule has 2 aliphatic rings. The lowest BCUT2D eigenvalue weighted by Crippen LogP contribution is -2.16. The number of Topliss-reactive ketones (excluding diaryl/α,β-unsaturated/α-hetero) is 2. The normalized spacial score (nSPS) is 18.9. The van der Waals surface area contributed by atoms with E-state index in [4.69, 9.17) is 13.9 Å². The second kappa shape index (κ2) is 6.62. The zero-order chi connectivity index (χ0) is 20.1. The molecule has 1 aliphatic heterocycles. The first kappa shape index (κ1) is 17.7. The van der Waals surface area contributed by atoms with E-state index < -0.39 is 0 Å². The van der Waals surface area contributed by atoms with Crippen LogP contribution in [0.2, 0.25) is 0 Å². The van der Waals surface area contributed by atoms with E-state index in [0.717, 1.165) is 35.1 Å². The smallest absolute Gasteiger partial charge is 0.174 e. The maximum absolute atomic E-state index is 12.3. The molecular weight excluding hydrogens is 368 g/mol. The summed E-state index contributed by atoms with van der Waals surface area (Å²) in [6, 6.07) is 13.8. The van der Waals surface area contributed by atoms with E-state index in [2.05, 4.69) is 12.1 Å². The molecule has 0 bridgehead atoms. The Morgan fingerprint density at radius 3 is 2.55 bits per heavy atom. The molecule has 0 spiro atoms. The number of allylic oxidation sites excluding steroid dienone is 2. The number of carbonyl (C=O) groups excluding carboxylic acids is 2. The summed E-state index contributed by atoms with van der Waals surface area (Å²) in [4.78, 5) is 24.3. The monoisotopic (exact) mass is 388 g/mol. The lowest BCUT2D eigenvalue weighted by Gasteiger charge is -2.28. The minimum atomic E-state index is -0.199. The van der Waals surface area contributed by atoms with E-state index in [-0.39, 0.29) is 24.1 Å². The summed E-state index contributed by atoms with van der Waals surface area (Å²) in [6.45, 7) is 1.67. The number of methoxy groups -OCH3 is 1. The van der Waals surface area contributed by atoms with Crippen LogP contribution in [0, 0.1) is 0 Å². The van der Waals surface area contributed by atoms with E-state index in [1.54, 1.807) is 14.0 Å². The molecule has 0 radical (unpaired) electrons. The topological polar surface area (TPSA) is 65.7 Å². The maximum Gasteiger partial charge on any atom is 0.174 e. The third-order valence-corrected chi connectivity index (χ3v) is 5.79. The van der Waals surface area contributed by atoms with Crippen LogP contribution in [0.3, 0.4) is 0 Å². The molecule has 0 unspecified atom stereocenters. The maximum atomic E-state index is 12.3. The lowest BCUT2D eigenvalue weighted by atomic mass is 9.95. The van der Waals surface area contributed by atoms with Crippen LogP contribution in [-0.4, -0.2) is 18.7 Å². The van der Waals surface area contributed by atoms with E-state index in [1.165, 1.54) is 0 Å². The number of benzene rings is 2. The summed E-state index contributed by atoms with van der Waals surface area (Å²) in [5.41, 5.74) is 3.52. The Hall–Kier alpha value is -3.34. The second-order valence-electron chi connectivity index (χ2n) is 7.49. The average Bonchev–Trinajstić information content (AvgIpc) is 3.27. The quantitative estimate of drug-likeness (QED) is 0.602. The predicted octanol–water partition coefficient (Wildman–Crippen LogP) is 4.82. The number of hydrogen-bond acceptors (Lipinski definition) is 5. The number of carbonyl (C=O) groups is 2. The Bertz CT molecular complexity index is 1180.